The van der Waals surface area contributed by atoms with Crippen molar-refractivity contribution in [2.24, 2.45) is 0 Å². The third-order valence-corrected chi connectivity index (χ3v) is 7.79. The van der Waals surface area contributed by atoms with Gasteiger partial charge in [0.25, 0.3) is 5.91 Å². The smallest absolute Gasteiger partial charge is 0.255 e. The van der Waals surface area contributed by atoms with Gasteiger partial charge in [-0.05, 0) is 62.1 Å². The monoisotopic (exact) mass is 445 g/mol. The molecular formula is C19H18Cl2FNO4S. The van der Waals surface area contributed by atoms with Gasteiger partial charge >= 0.3 is 0 Å². The van der Waals surface area contributed by atoms with E-state index in [0.29, 0.717) is 25.7 Å². The van der Waals surface area contributed by atoms with E-state index in [9.17, 15) is 22.7 Å². The van der Waals surface area contributed by atoms with Crippen LogP contribution in [0, 0.1) is 5.82 Å². The summed E-state index contributed by atoms with van der Waals surface area (Å²) in [6, 6.07) is 7.73. The number of anilines is 1. The van der Waals surface area contributed by atoms with Crippen molar-refractivity contribution in [1.29, 1.82) is 0 Å². The van der Waals surface area contributed by atoms with Gasteiger partial charge in [0.05, 0.1) is 26.3 Å². The minimum Gasteiger partial charge on any atom is -0.393 e. The first-order valence-corrected chi connectivity index (χ1v) is 11.0. The molecule has 1 saturated carbocycles. The average molecular weight is 446 g/mol. The second-order valence-electron chi connectivity index (χ2n) is 6.70. The highest BCUT2D eigenvalue weighted by Crippen LogP contribution is 2.33. The van der Waals surface area contributed by atoms with E-state index in [2.05, 4.69) is 5.32 Å². The first-order chi connectivity index (χ1) is 13.2. The van der Waals surface area contributed by atoms with Crippen molar-refractivity contribution in [2.75, 3.05) is 5.32 Å². The molecule has 0 aliphatic heterocycles. The van der Waals surface area contributed by atoms with Crippen LogP contribution in [0.5, 0.6) is 0 Å². The van der Waals surface area contributed by atoms with E-state index in [1.165, 1.54) is 30.3 Å². The molecule has 0 unspecified atom stereocenters. The molecule has 1 fully saturated rings. The van der Waals surface area contributed by atoms with Crippen molar-refractivity contribution in [3.63, 3.8) is 0 Å². The Hall–Kier alpha value is -1.67. The predicted molar refractivity (Wildman–Crippen MR) is 106 cm³/mol. The van der Waals surface area contributed by atoms with Crippen LogP contribution in [-0.4, -0.2) is 30.8 Å². The summed E-state index contributed by atoms with van der Waals surface area (Å²) in [5.74, 6) is -1.19. The Balaban J connectivity index is 1.86. The summed E-state index contributed by atoms with van der Waals surface area (Å²) in [6.45, 7) is 0. The van der Waals surface area contributed by atoms with Gasteiger partial charge < -0.3 is 10.4 Å². The Morgan fingerprint density at radius 3 is 2.36 bits per heavy atom. The van der Waals surface area contributed by atoms with Crippen LogP contribution in [0.25, 0.3) is 0 Å². The molecule has 3 rings (SSSR count). The second-order valence-corrected chi connectivity index (χ2v) is 9.71. The molecule has 2 aromatic carbocycles. The molecule has 5 nitrogen and oxygen atoms in total. The Morgan fingerprint density at radius 1 is 1.04 bits per heavy atom. The van der Waals surface area contributed by atoms with Crippen LogP contribution in [0.15, 0.2) is 41.3 Å². The van der Waals surface area contributed by atoms with Gasteiger partial charge in [-0.2, -0.15) is 0 Å². The SMILES string of the molecule is O=C(Nc1ccc(F)c(Cl)c1)c1ccc(Cl)c(S(=O)(=O)[C@H]2CC[C@H](O)CC2)c1. The lowest BCUT2D eigenvalue weighted by Gasteiger charge is -2.25. The Morgan fingerprint density at radius 2 is 1.71 bits per heavy atom. The normalized spacial score (nSPS) is 20.0. The molecule has 0 atom stereocenters. The van der Waals surface area contributed by atoms with Crippen molar-refractivity contribution < 1.29 is 22.7 Å². The number of rotatable bonds is 4. The molecule has 150 valence electrons. The molecule has 0 spiro atoms. The van der Waals surface area contributed by atoms with E-state index in [1.807, 2.05) is 0 Å². The molecule has 1 aliphatic rings. The van der Waals surface area contributed by atoms with E-state index >= 15 is 0 Å². The first kappa shape index (κ1) is 21.0. The number of hydrogen-bond acceptors (Lipinski definition) is 4. The van der Waals surface area contributed by atoms with Crippen LogP contribution in [0.3, 0.4) is 0 Å². The summed E-state index contributed by atoms with van der Waals surface area (Å²) >= 11 is 11.8. The molecule has 28 heavy (non-hydrogen) atoms. The number of amides is 1. The van der Waals surface area contributed by atoms with Crippen LogP contribution < -0.4 is 5.32 Å². The third-order valence-electron chi connectivity index (χ3n) is 4.76. The van der Waals surface area contributed by atoms with Gasteiger partial charge in [-0.25, -0.2) is 12.8 Å². The maximum Gasteiger partial charge on any atom is 0.255 e. The van der Waals surface area contributed by atoms with Crippen molar-refractivity contribution in [2.45, 2.75) is 41.9 Å². The van der Waals surface area contributed by atoms with Gasteiger partial charge in [0, 0.05) is 11.3 Å². The highest BCUT2D eigenvalue weighted by Gasteiger charge is 2.33. The largest absolute Gasteiger partial charge is 0.393 e. The number of hydrogen-bond donors (Lipinski definition) is 2. The molecular weight excluding hydrogens is 428 g/mol. The van der Waals surface area contributed by atoms with Crippen LogP contribution >= 0.6 is 23.2 Å². The van der Waals surface area contributed by atoms with Crippen molar-refractivity contribution >= 4 is 44.6 Å². The highest BCUT2D eigenvalue weighted by atomic mass is 35.5. The molecule has 1 amide bonds. The van der Waals surface area contributed by atoms with E-state index in [4.69, 9.17) is 23.2 Å². The molecule has 9 heteroatoms. The zero-order chi connectivity index (χ0) is 20.5. The molecule has 2 aromatic rings. The number of aliphatic hydroxyl groups is 1. The Labute approximate surface area is 172 Å². The summed E-state index contributed by atoms with van der Waals surface area (Å²) in [4.78, 5) is 12.4. The lowest BCUT2D eigenvalue weighted by molar-refractivity contribution is 0.102. The average Bonchev–Trinajstić information content (AvgIpc) is 2.65. The number of benzene rings is 2. The fourth-order valence-electron chi connectivity index (χ4n) is 3.17. The fraction of sp³-hybridized carbons (Fsp3) is 0.316. The van der Waals surface area contributed by atoms with Crippen molar-refractivity contribution in [3.8, 4) is 0 Å². The number of carbonyl (C=O) groups excluding carboxylic acids is 1. The summed E-state index contributed by atoms with van der Waals surface area (Å²) < 4.78 is 39.2. The summed E-state index contributed by atoms with van der Waals surface area (Å²) in [5.41, 5.74) is 0.372. The maximum absolute atomic E-state index is 13.2. The Bertz CT molecular complexity index is 1000. The zero-order valence-electron chi connectivity index (χ0n) is 14.7. The topological polar surface area (TPSA) is 83.5 Å². The number of nitrogens with one attached hydrogen (secondary N) is 1. The van der Waals surface area contributed by atoms with Crippen molar-refractivity contribution in [1.82, 2.24) is 0 Å². The molecule has 1 aliphatic carbocycles. The van der Waals surface area contributed by atoms with Gasteiger partial charge in [-0.3, -0.25) is 4.79 Å². The van der Waals surface area contributed by atoms with Crippen LogP contribution in [-0.2, 0) is 9.84 Å². The van der Waals surface area contributed by atoms with E-state index < -0.39 is 32.9 Å². The standard InChI is InChI=1S/C19H18Cl2FNO4S/c20-15-7-1-11(19(25)23-12-2-8-17(22)16(21)10-12)9-18(15)28(26,27)14-5-3-13(24)4-6-14/h1-2,7-10,13-14,24H,3-6H2,(H,23,25)/t13-,14-. The van der Waals surface area contributed by atoms with Crippen LogP contribution in [0.1, 0.15) is 36.0 Å². The molecule has 0 aromatic heterocycles. The van der Waals surface area contributed by atoms with Gasteiger partial charge in [-0.1, -0.05) is 23.2 Å². The fourth-order valence-corrected chi connectivity index (χ4v) is 5.68. The number of sulfone groups is 1. The number of carbonyl (C=O) groups is 1. The van der Waals surface area contributed by atoms with Gasteiger partial charge in [0.2, 0.25) is 0 Å². The minimum atomic E-state index is -3.75. The van der Waals surface area contributed by atoms with Gasteiger partial charge in [0.1, 0.15) is 5.82 Å². The number of halogens is 3. The lowest BCUT2D eigenvalue weighted by Crippen LogP contribution is -2.29. The molecule has 2 N–H and O–H groups in total. The molecule has 0 saturated heterocycles. The molecule has 0 radical (unpaired) electrons. The second kappa shape index (κ2) is 8.37. The minimum absolute atomic E-state index is 0.0347. The van der Waals surface area contributed by atoms with Crippen LogP contribution in [0.4, 0.5) is 10.1 Å². The van der Waals surface area contributed by atoms with Crippen LogP contribution in [0.2, 0.25) is 10.0 Å². The van der Waals surface area contributed by atoms with E-state index in [-0.39, 0.29) is 26.2 Å². The zero-order valence-corrected chi connectivity index (χ0v) is 17.0. The Kier molecular flexibility index (Phi) is 6.29. The first-order valence-electron chi connectivity index (χ1n) is 8.66. The molecule has 0 heterocycles. The summed E-state index contributed by atoms with van der Waals surface area (Å²) in [5, 5.41) is 11.4. The van der Waals surface area contributed by atoms with E-state index in [1.54, 1.807) is 0 Å². The lowest BCUT2D eigenvalue weighted by atomic mass is 9.97. The van der Waals surface area contributed by atoms with E-state index in [0.717, 1.165) is 6.07 Å². The molecule has 0 bridgehead atoms. The van der Waals surface area contributed by atoms with Gasteiger partial charge in [0.15, 0.2) is 9.84 Å². The maximum atomic E-state index is 13.2. The quantitative estimate of drug-likeness (QED) is 0.727. The van der Waals surface area contributed by atoms with Gasteiger partial charge in [-0.15, -0.1) is 0 Å². The summed E-state index contributed by atoms with van der Waals surface area (Å²) in [7, 11) is -3.75. The highest BCUT2D eigenvalue weighted by molar-refractivity contribution is 7.92. The summed E-state index contributed by atoms with van der Waals surface area (Å²) in [6.07, 6.45) is 1.01. The van der Waals surface area contributed by atoms with Crippen molar-refractivity contribution in [3.05, 3.63) is 57.8 Å². The third kappa shape index (κ3) is 4.49. The number of aliphatic hydroxyl groups excluding tert-OH is 1. The predicted octanol–water partition coefficient (Wildman–Crippen LogP) is 4.46.